The lowest BCUT2D eigenvalue weighted by molar-refractivity contribution is -0.141. The molecule has 0 unspecified atom stereocenters. The maximum Gasteiger partial charge on any atom is 0.226 e. The quantitative estimate of drug-likeness (QED) is 0.744. The lowest BCUT2D eigenvalue weighted by Crippen LogP contribution is -2.45. The van der Waals surface area contributed by atoms with Gasteiger partial charge in [0.25, 0.3) is 0 Å². The summed E-state index contributed by atoms with van der Waals surface area (Å²) in [5, 5.41) is 0. The summed E-state index contributed by atoms with van der Waals surface area (Å²) in [7, 11) is 2.08. The van der Waals surface area contributed by atoms with Gasteiger partial charge in [-0.15, -0.1) is 0 Å². The zero-order valence-electron chi connectivity index (χ0n) is 18.2. The van der Waals surface area contributed by atoms with Crippen LogP contribution >= 0.6 is 0 Å². The molecular weight excluding hydrogens is 390 g/mol. The largest absolute Gasteiger partial charge is 0.493 e. The van der Waals surface area contributed by atoms with E-state index < -0.39 is 0 Å². The number of nitrogens with zero attached hydrogens (tertiary/aromatic N) is 3. The van der Waals surface area contributed by atoms with Crippen LogP contribution in [0.25, 0.3) is 0 Å². The summed E-state index contributed by atoms with van der Waals surface area (Å²) in [5.74, 6) is 1.11. The number of hydrogen-bond donors (Lipinski definition) is 0. The number of carbonyl (C=O) groups excluding carboxylic acids is 2. The van der Waals surface area contributed by atoms with Gasteiger partial charge in [0.2, 0.25) is 11.8 Å². The molecule has 0 radical (unpaired) electrons. The third-order valence-electron chi connectivity index (χ3n) is 6.31. The number of ether oxygens (including phenoxy) is 1. The van der Waals surface area contributed by atoms with Gasteiger partial charge < -0.3 is 19.4 Å². The highest BCUT2D eigenvalue weighted by molar-refractivity contribution is 5.80. The van der Waals surface area contributed by atoms with Gasteiger partial charge in [-0.05, 0) is 36.6 Å². The molecule has 0 aliphatic carbocycles. The predicted octanol–water partition coefficient (Wildman–Crippen LogP) is 3.17. The number of likely N-dealkylation sites (N-methyl/N-ethyl adjacent to an activating group) is 1. The Morgan fingerprint density at radius 2 is 1.61 bits per heavy atom. The summed E-state index contributed by atoms with van der Waals surface area (Å²) in [6.45, 7) is 3.90. The van der Waals surface area contributed by atoms with E-state index in [9.17, 15) is 9.59 Å². The van der Waals surface area contributed by atoms with Gasteiger partial charge in [-0.3, -0.25) is 9.59 Å². The van der Waals surface area contributed by atoms with Gasteiger partial charge in [0, 0.05) is 51.4 Å². The topological polar surface area (TPSA) is 53.1 Å². The Bertz CT molecular complexity index is 894. The Labute approximate surface area is 184 Å². The van der Waals surface area contributed by atoms with Crippen molar-refractivity contribution in [2.75, 3.05) is 44.7 Å². The molecule has 2 aliphatic heterocycles. The first-order chi connectivity index (χ1) is 15.1. The molecule has 0 N–H and O–H groups in total. The highest BCUT2D eigenvalue weighted by Gasteiger charge is 2.31. The molecule has 2 aliphatic rings. The number of piperidine rings is 1. The molecule has 0 aromatic heterocycles. The van der Waals surface area contributed by atoms with Gasteiger partial charge in [-0.25, -0.2) is 0 Å². The van der Waals surface area contributed by atoms with Crippen molar-refractivity contribution in [3.05, 3.63) is 60.2 Å². The van der Waals surface area contributed by atoms with Gasteiger partial charge in [0.15, 0.2) is 0 Å². The van der Waals surface area contributed by atoms with E-state index in [0.29, 0.717) is 32.7 Å². The average Bonchev–Trinajstić information content (AvgIpc) is 2.98. The highest BCUT2D eigenvalue weighted by Crippen LogP contribution is 2.27. The van der Waals surface area contributed by atoms with E-state index >= 15 is 0 Å². The maximum atomic E-state index is 13.2. The minimum atomic E-state index is 0.000173. The van der Waals surface area contributed by atoms with Gasteiger partial charge >= 0.3 is 0 Å². The second-order valence-corrected chi connectivity index (χ2v) is 8.38. The van der Waals surface area contributed by atoms with Crippen LogP contribution in [0.3, 0.4) is 0 Å². The Morgan fingerprint density at radius 3 is 2.39 bits per heavy atom. The number of likely N-dealkylation sites (tertiary alicyclic amines) is 1. The van der Waals surface area contributed by atoms with E-state index in [4.69, 9.17) is 4.74 Å². The normalized spacial score (nSPS) is 17.1. The molecule has 0 spiro atoms. The molecule has 0 saturated carbocycles. The number of anilines is 1. The van der Waals surface area contributed by atoms with Gasteiger partial charge in [-0.1, -0.05) is 36.4 Å². The Balaban J connectivity index is 1.25. The Hall–Kier alpha value is -3.02. The minimum Gasteiger partial charge on any atom is -0.493 e. The summed E-state index contributed by atoms with van der Waals surface area (Å²) in [6, 6.07) is 17.9. The fourth-order valence-electron chi connectivity index (χ4n) is 4.45. The van der Waals surface area contributed by atoms with Crippen LogP contribution in [0.4, 0.5) is 5.69 Å². The second kappa shape index (κ2) is 9.86. The second-order valence-electron chi connectivity index (χ2n) is 8.38. The van der Waals surface area contributed by atoms with Crippen molar-refractivity contribution in [1.29, 1.82) is 0 Å². The summed E-state index contributed by atoms with van der Waals surface area (Å²) in [6.07, 6.45) is 1.83. The van der Waals surface area contributed by atoms with Gasteiger partial charge in [0.05, 0.1) is 13.0 Å². The SMILES string of the molecule is CN1CCN(C(=O)C2CCN(C(=O)CCOc3ccccc3)CC2)Cc2ccccc21. The molecule has 0 bridgehead atoms. The Morgan fingerprint density at radius 1 is 0.903 bits per heavy atom. The molecule has 6 nitrogen and oxygen atoms in total. The monoisotopic (exact) mass is 421 g/mol. The van der Waals surface area contributed by atoms with Crippen LogP contribution in [0.2, 0.25) is 0 Å². The van der Waals surface area contributed by atoms with Crippen LogP contribution in [-0.4, -0.2) is 61.4 Å². The lowest BCUT2D eigenvalue weighted by Gasteiger charge is -2.34. The zero-order valence-corrected chi connectivity index (χ0v) is 18.2. The standard InChI is InChI=1S/C25H31N3O3/c1-26-16-17-28(19-21-7-5-6-10-23(21)26)25(30)20-11-14-27(15-12-20)24(29)13-18-31-22-8-3-2-4-9-22/h2-10,20H,11-19H2,1H3. The van der Waals surface area contributed by atoms with E-state index in [0.717, 1.165) is 31.7 Å². The fourth-order valence-corrected chi connectivity index (χ4v) is 4.45. The van der Waals surface area contributed by atoms with Gasteiger partial charge in [-0.2, -0.15) is 0 Å². The maximum absolute atomic E-state index is 13.2. The highest BCUT2D eigenvalue weighted by atomic mass is 16.5. The number of benzene rings is 2. The average molecular weight is 422 g/mol. The molecule has 2 aromatic carbocycles. The van der Waals surface area contributed by atoms with Crippen molar-refractivity contribution >= 4 is 17.5 Å². The predicted molar refractivity (Wildman–Crippen MR) is 121 cm³/mol. The van der Waals surface area contributed by atoms with Crippen LogP contribution < -0.4 is 9.64 Å². The van der Waals surface area contributed by atoms with Crippen molar-refractivity contribution in [2.24, 2.45) is 5.92 Å². The van der Waals surface area contributed by atoms with Crippen molar-refractivity contribution in [3.8, 4) is 5.75 Å². The number of carbonyl (C=O) groups is 2. The number of fused-ring (bicyclic) bond motifs is 1. The molecule has 31 heavy (non-hydrogen) atoms. The molecule has 2 amide bonds. The Kier molecular flexibility index (Phi) is 6.75. The number of amides is 2. The van der Waals surface area contributed by atoms with Crippen molar-refractivity contribution in [3.63, 3.8) is 0 Å². The molecule has 1 fully saturated rings. The van der Waals surface area contributed by atoms with Crippen LogP contribution in [0.15, 0.2) is 54.6 Å². The van der Waals surface area contributed by atoms with Crippen LogP contribution in [0, 0.1) is 5.92 Å². The molecular formula is C25H31N3O3. The molecule has 0 atom stereocenters. The van der Waals surface area contributed by atoms with Gasteiger partial charge in [0.1, 0.15) is 5.75 Å². The van der Waals surface area contributed by atoms with Crippen LogP contribution in [0.5, 0.6) is 5.75 Å². The number of para-hydroxylation sites is 2. The first kappa shape index (κ1) is 21.2. The van der Waals surface area contributed by atoms with Crippen LogP contribution in [-0.2, 0) is 16.1 Å². The minimum absolute atomic E-state index is 0.000173. The number of rotatable bonds is 5. The smallest absolute Gasteiger partial charge is 0.226 e. The van der Waals surface area contributed by atoms with E-state index in [-0.39, 0.29) is 17.7 Å². The third kappa shape index (κ3) is 5.19. The first-order valence-corrected chi connectivity index (χ1v) is 11.2. The summed E-state index contributed by atoms with van der Waals surface area (Å²) >= 11 is 0. The molecule has 164 valence electrons. The van der Waals surface area contributed by atoms with Crippen molar-refractivity contribution in [2.45, 2.75) is 25.8 Å². The first-order valence-electron chi connectivity index (χ1n) is 11.2. The molecule has 4 rings (SSSR count). The lowest BCUT2D eigenvalue weighted by atomic mass is 9.94. The molecule has 6 heteroatoms. The van der Waals surface area contributed by atoms with E-state index in [1.165, 1.54) is 11.3 Å². The molecule has 2 heterocycles. The van der Waals surface area contributed by atoms with E-state index in [2.05, 4.69) is 24.1 Å². The zero-order chi connectivity index (χ0) is 21.6. The molecule has 2 aromatic rings. The summed E-state index contributed by atoms with van der Waals surface area (Å²) in [5.41, 5.74) is 2.40. The van der Waals surface area contributed by atoms with Crippen LogP contribution in [0.1, 0.15) is 24.8 Å². The summed E-state index contributed by atoms with van der Waals surface area (Å²) in [4.78, 5) is 31.8. The third-order valence-corrected chi connectivity index (χ3v) is 6.31. The van der Waals surface area contributed by atoms with Crippen molar-refractivity contribution in [1.82, 2.24) is 9.80 Å². The van der Waals surface area contributed by atoms with Crippen molar-refractivity contribution < 1.29 is 14.3 Å². The van der Waals surface area contributed by atoms with E-state index in [1.54, 1.807) is 0 Å². The summed E-state index contributed by atoms with van der Waals surface area (Å²) < 4.78 is 5.64. The molecule has 1 saturated heterocycles. The fraction of sp³-hybridized carbons (Fsp3) is 0.440. The number of hydrogen-bond acceptors (Lipinski definition) is 4. The van der Waals surface area contributed by atoms with E-state index in [1.807, 2.05) is 52.3 Å².